The molecule has 0 atom stereocenters. The molecule has 0 saturated heterocycles. The van der Waals surface area contributed by atoms with Gasteiger partial charge in [-0.3, -0.25) is 0 Å². The summed E-state index contributed by atoms with van der Waals surface area (Å²) in [4.78, 5) is 50.3. The summed E-state index contributed by atoms with van der Waals surface area (Å²) < 4.78 is 15.1. The summed E-state index contributed by atoms with van der Waals surface area (Å²) in [5.41, 5.74) is 20.9. The van der Waals surface area contributed by atoms with E-state index in [1.165, 1.54) is 58.0 Å². The average molecular weight is 1360 g/mol. The van der Waals surface area contributed by atoms with Crippen molar-refractivity contribution in [3.63, 3.8) is 0 Å². The zero-order chi connectivity index (χ0) is 67.1. The molecule has 10 nitrogen and oxygen atoms in total. The fourth-order valence-corrected chi connectivity index (χ4v) is 15.7. The van der Waals surface area contributed by atoms with Crippen LogP contribution in [0.25, 0.3) is 143 Å². The number of thiophene rings is 2. The summed E-state index contributed by atoms with van der Waals surface area (Å²) in [6, 6.07) is 59.9. The van der Waals surface area contributed by atoms with Gasteiger partial charge in [0.15, 0.2) is 0 Å². The molecule has 9 heterocycles. The van der Waals surface area contributed by atoms with E-state index in [0.29, 0.717) is 33.5 Å². The molecule has 13 heteroatoms. The minimum absolute atomic E-state index is 0. The van der Waals surface area contributed by atoms with Crippen molar-refractivity contribution >= 4 is 125 Å². The summed E-state index contributed by atoms with van der Waals surface area (Å²) in [6.07, 6.45) is 8.30. The summed E-state index contributed by atoms with van der Waals surface area (Å²) in [5, 5.41) is 7.02. The van der Waals surface area contributed by atoms with Crippen molar-refractivity contribution in [2.45, 2.75) is 105 Å². The van der Waals surface area contributed by atoms with E-state index in [-0.39, 0.29) is 41.1 Å². The second-order valence-corrected chi connectivity index (χ2v) is 31.5. The Morgan fingerprint density at radius 2 is 0.639 bits per heavy atom. The number of nitrogens with zero attached hydrogens (tertiary/aromatic N) is 6. The van der Waals surface area contributed by atoms with Gasteiger partial charge in [0.25, 0.3) is 0 Å². The Bertz CT molecular complexity index is 5150. The number of hydrogen-bond donors (Lipinski definition) is 0. The summed E-state index contributed by atoms with van der Waals surface area (Å²) >= 11 is 3.44. The number of hydrogen-bond acceptors (Lipinski definition) is 8. The second kappa shape index (κ2) is 23.9. The first-order valence-electron chi connectivity index (χ1n) is 32.6. The Hall–Kier alpha value is -9.52. The van der Waals surface area contributed by atoms with Gasteiger partial charge in [-0.2, -0.15) is 0 Å². The quantitative estimate of drug-likeness (QED) is 0.109. The smallest absolute Gasteiger partial charge is 0.657 e. The van der Waals surface area contributed by atoms with E-state index in [1.54, 1.807) is 46.9 Å². The largest absolute Gasteiger partial charge is 2.00 e. The molecule has 0 amide bonds. The zero-order valence-electron chi connectivity index (χ0n) is 57.3. The molecule has 0 N–H and O–H groups in total. The van der Waals surface area contributed by atoms with Crippen LogP contribution >= 0.6 is 22.7 Å². The molecule has 0 radical (unpaired) electrons. The third-order valence-corrected chi connectivity index (χ3v) is 21.1. The fraction of sp³-hybridized carbons (Fsp3) is 0.214. The van der Waals surface area contributed by atoms with E-state index in [2.05, 4.69) is 226 Å². The SMILES string of the molecule is COC(=O)c1ccc(-c2c3nc(c(-c4ccc(C(=O)OC)cc4)c4ccc([n-]4)c(-c4ccc(-n5c6ccc(C(C)(C)C)cc6c6cc(C(C)(C)C)ccc65)s4)c4nc(c(-c5ccc(-n6c7ccc(C(C)(C)C)cc7c7cc(C(C)(C)C)ccc76)s5)c5ccc2[n-]5)C=C4)C=C3)cc1.[Zn+2]. The van der Waals surface area contributed by atoms with Crippen molar-refractivity contribution in [1.82, 2.24) is 29.1 Å². The Balaban J connectivity index is 0.00000807. The minimum Gasteiger partial charge on any atom is -0.657 e. The predicted molar refractivity (Wildman–Crippen MR) is 400 cm³/mol. The van der Waals surface area contributed by atoms with Gasteiger partial charge in [0.2, 0.25) is 0 Å². The molecule has 7 aromatic heterocycles. The van der Waals surface area contributed by atoms with Crippen molar-refractivity contribution in [2.24, 2.45) is 0 Å². The van der Waals surface area contributed by atoms with Crippen LogP contribution in [-0.2, 0) is 50.6 Å². The topological polar surface area (TPSA) is 116 Å². The third kappa shape index (κ3) is 11.4. The van der Waals surface area contributed by atoms with Crippen LogP contribution in [0.5, 0.6) is 0 Å². The molecular formula is C84H74N6O4S2Zn. The first kappa shape index (κ1) is 64.8. The number of carbonyl (C=O) groups is 2. The molecule has 0 unspecified atom stereocenters. The van der Waals surface area contributed by atoms with Crippen LogP contribution in [0.4, 0.5) is 0 Å². The van der Waals surface area contributed by atoms with E-state index < -0.39 is 11.9 Å². The number of esters is 2. The Morgan fingerprint density at radius 1 is 0.361 bits per heavy atom. The number of ether oxygens (including phenoxy) is 2. The number of benzene rings is 6. The maximum atomic E-state index is 12.9. The van der Waals surface area contributed by atoms with Gasteiger partial charge >= 0.3 is 31.4 Å². The molecule has 0 spiro atoms. The standard InChI is InChI=1S/C84H75N6O4S2.Zn/c1-81(2,3)51-23-35-67-55(43-51)56-44-52(82(4,5)6)24-36-68(56)89(67)73-41-39-71(95-73)77-63-31-29-61(86-63)75(47-15-19-49(20-16-47)79(91)93-13)59-27-28-60(85-59)76(48-17-21-50(22-18-48)80(92)94-14)62-30-32-64(87-62)78(66-34-33-65(77)88-66)72-40-42-74(96-72)90-69-37-25-53(83(7,8)9)45-57(69)58-46-54(84(10,11)12)26-38-70(58)90;/h15-46H,1-14H3,(H-,85,86,87,88,91,92);/q-1;+2/p-1. The Kier molecular flexibility index (Phi) is 16.0. The van der Waals surface area contributed by atoms with E-state index in [4.69, 9.17) is 29.4 Å². The van der Waals surface area contributed by atoms with Crippen LogP contribution in [0.1, 0.15) is 149 Å². The molecule has 2 aliphatic heterocycles. The maximum absolute atomic E-state index is 12.9. The Morgan fingerprint density at radius 3 is 0.918 bits per heavy atom. The van der Waals surface area contributed by atoms with Crippen LogP contribution in [-0.4, -0.2) is 45.3 Å². The predicted octanol–water partition coefficient (Wildman–Crippen LogP) is 21.7. The normalized spacial score (nSPS) is 12.8. The molecule has 8 bridgehead atoms. The van der Waals surface area contributed by atoms with Gasteiger partial charge in [-0.25, -0.2) is 19.6 Å². The number of carbonyl (C=O) groups excluding carboxylic acids is 2. The summed E-state index contributed by atoms with van der Waals surface area (Å²) in [7, 11) is 2.77. The van der Waals surface area contributed by atoms with E-state index in [1.807, 2.05) is 36.4 Å². The number of methoxy groups -OCH3 is 2. The van der Waals surface area contributed by atoms with Crippen molar-refractivity contribution in [3.05, 3.63) is 226 Å². The fourth-order valence-electron chi connectivity index (χ4n) is 13.5. The molecule has 2 aliphatic rings. The molecular weight excluding hydrogens is 1290 g/mol. The minimum atomic E-state index is -0.431. The number of fused-ring (bicyclic) bond motifs is 14. The summed E-state index contributed by atoms with van der Waals surface area (Å²) in [5.74, 6) is -0.861. The van der Waals surface area contributed by atoms with Crippen molar-refractivity contribution in [2.75, 3.05) is 14.2 Å². The van der Waals surface area contributed by atoms with Gasteiger partial charge in [-0.15, -0.1) is 44.7 Å². The first-order chi connectivity index (χ1) is 45.8. The average Bonchev–Trinajstić information content (AvgIpc) is 1.59. The second-order valence-electron chi connectivity index (χ2n) is 29.4. The van der Waals surface area contributed by atoms with E-state index in [0.717, 1.165) is 97.6 Å². The number of rotatable bonds is 8. The molecule has 6 aromatic carbocycles. The summed E-state index contributed by atoms with van der Waals surface area (Å²) in [6.45, 7) is 27.3. The molecule has 15 rings (SSSR count). The third-order valence-electron chi connectivity index (χ3n) is 18.9. The van der Waals surface area contributed by atoms with Gasteiger partial charge in [0.05, 0.1) is 70.2 Å². The molecule has 0 aliphatic carbocycles. The van der Waals surface area contributed by atoms with Crippen LogP contribution in [0.15, 0.2) is 170 Å². The van der Waals surface area contributed by atoms with Gasteiger partial charge in [0, 0.05) is 42.4 Å². The molecule has 0 fully saturated rings. The van der Waals surface area contributed by atoms with Crippen LogP contribution < -0.4 is 9.97 Å². The van der Waals surface area contributed by atoms with Crippen LogP contribution in [0.2, 0.25) is 0 Å². The maximum Gasteiger partial charge on any atom is 2.00 e. The van der Waals surface area contributed by atoms with Gasteiger partial charge < -0.3 is 28.6 Å². The van der Waals surface area contributed by atoms with E-state index >= 15 is 0 Å². The number of aromatic nitrogens is 6. The van der Waals surface area contributed by atoms with Crippen LogP contribution in [0.3, 0.4) is 0 Å². The monoisotopic (exact) mass is 1360 g/mol. The van der Waals surface area contributed by atoms with E-state index in [9.17, 15) is 9.59 Å². The van der Waals surface area contributed by atoms with Gasteiger partial charge in [0.1, 0.15) is 10.0 Å². The van der Waals surface area contributed by atoms with Crippen molar-refractivity contribution in [1.29, 1.82) is 0 Å². The zero-order valence-corrected chi connectivity index (χ0v) is 61.9. The molecule has 97 heavy (non-hydrogen) atoms. The molecule has 13 aromatic rings. The van der Waals surface area contributed by atoms with Crippen molar-refractivity contribution in [3.8, 4) is 53.1 Å². The van der Waals surface area contributed by atoms with Crippen LogP contribution in [0, 0.1) is 0 Å². The Labute approximate surface area is 586 Å². The van der Waals surface area contributed by atoms with Crippen molar-refractivity contribution < 1.29 is 38.5 Å². The van der Waals surface area contributed by atoms with Gasteiger partial charge in [-0.05, 0) is 188 Å². The first-order valence-corrected chi connectivity index (χ1v) is 34.3. The molecule has 0 saturated carbocycles. The molecule has 478 valence electrons. The van der Waals surface area contributed by atoms with Gasteiger partial charge in [-0.1, -0.05) is 156 Å².